The van der Waals surface area contributed by atoms with Crippen molar-refractivity contribution in [3.05, 3.63) is 98.3 Å². The van der Waals surface area contributed by atoms with Gasteiger partial charge in [0.25, 0.3) is 5.56 Å². The second kappa shape index (κ2) is 10.1. The Bertz CT molecular complexity index is 1640. The number of carbonyl (C=O) groups is 1. The number of carbonyl (C=O) groups excluding carboxylic acids is 1. The minimum absolute atomic E-state index is 0.196. The van der Waals surface area contributed by atoms with Gasteiger partial charge in [-0.1, -0.05) is 30.3 Å². The molecule has 2 aromatic carbocycles. The number of nitrogens with zero attached hydrogens (tertiary/aromatic N) is 5. The smallest absolute Gasteiger partial charge is 0.309 e. The molecule has 1 aliphatic rings. The lowest BCUT2D eigenvalue weighted by molar-refractivity contribution is -0.116. The van der Waals surface area contributed by atoms with Gasteiger partial charge in [0, 0.05) is 24.4 Å². The fourth-order valence-corrected chi connectivity index (χ4v) is 4.69. The number of fused-ring (bicyclic) bond motifs is 1. The molecule has 0 saturated heterocycles. The lowest BCUT2D eigenvalue weighted by Crippen LogP contribution is -2.43. The van der Waals surface area contributed by atoms with Crippen molar-refractivity contribution in [2.24, 2.45) is 0 Å². The van der Waals surface area contributed by atoms with Gasteiger partial charge in [-0.3, -0.25) is 14.2 Å². The summed E-state index contributed by atoms with van der Waals surface area (Å²) in [7, 11) is 0. The Hall–Kier alpha value is -4.71. The lowest BCUT2D eigenvalue weighted by atomic mass is 9.90. The Morgan fingerprint density at radius 2 is 1.81 bits per heavy atom. The van der Waals surface area contributed by atoms with Crippen molar-refractivity contribution in [3.63, 3.8) is 0 Å². The molecule has 0 bridgehead atoms. The summed E-state index contributed by atoms with van der Waals surface area (Å²) in [6, 6.07) is 19.3. The summed E-state index contributed by atoms with van der Waals surface area (Å²) in [5.74, 6) is -0.171. The Balaban J connectivity index is 1.50. The van der Waals surface area contributed by atoms with E-state index in [0.29, 0.717) is 11.5 Å². The minimum atomic E-state index is -0.793. The van der Waals surface area contributed by atoms with Gasteiger partial charge < -0.3 is 5.32 Å². The topological polar surface area (TPSA) is 115 Å². The first kappa shape index (κ1) is 24.0. The fraction of sp³-hybridized carbons (Fsp3) is 0.250. The molecule has 1 aliphatic carbocycles. The Kier molecular flexibility index (Phi) is 6.56. The van der Waals surface area contributed by atoms with Crippen LogP contribution in [0.15, 0.2) is 70.4 Å². The van der Waals surface area contributed by atoms with E-state index in [0.717, 1.165) is 28.7 Å². The minimum Gasteiger partial charge on any atom is -0.309 e. The van der Waals surface area contributed by atoms with Crippen LogP contribution in [-0.2, 0) is 30.7 Å². The molecule has 0 atom stereocenters. The second-order valence-corrected chi connectivity index (χ2v) is 9.02. The number of amides is 1. The average Bonchev–Trinajstić information content (AvgIpc) is 3.35. The summed E-state index contributed by atoms with van der Waals surface area (Å²) in [5, 5.41) is 16.9. The van der Waals surface area contributed by atoms with E-state index < -0.39 is 23.7 Å². The van der Waals surface area contributed by atoms with Crippen LogP contribution in [0.25, 0.3) is 16.9 Å². The number of nitrogens with one attached hydrogen (secondary N) is 1. The zero-order valence-electron chi connectivity index (χ0n) is 20.5. The van der Waals surface area contributed by atoms with E-state index in [-0.39, 0.29) is 12.1 Å². The van der Waals surface area contributed by atoms with E-state index in [9.17, 15) is 19.6 Å². The number of para-hydroxylation sites is 1. The van der Waals surface area contributed by atoms with Crippen LogP contribution in [0.3, 0.4) is 0 Å². The summed E-state index contributed by atoms with van der Waals surface area (Å²) in [4.78, 5) is 38.4. The van der Waals surface area contributed by atoms with E-state index in [2.05, 4.69) is 17.4 Å². The van der Waals surface area contributed by atoms with E-state index in [4.69, 9.17) is 5.10 Å². The quantitative estimate of drug-likeness (QED) is 0.442. The predicted octanol–water partition coefficient (Wildman–Crippen LogP) is 3.27. The first-order valence-corrected chi connectivity index (χ1v) is 12.3. The maximum atomic E-state index is 13.1. The highest BCUT2D eigenvalue weighted by molar-refractivity contribution is 5.90. The van der Waals surface area contributed by atoms with Gasteiger partial charge in [0.1, 0.15) is 24.0 Å². The SMILES string of the molecule is CCn1cc(C#N)c(=O)n(CC(=O)Nc2cc(-c3ccc4c(c3)CCCC4)nn2-c2ccccc2)c1=O. The third-order valence-corrected chi connectivity index (χ3v) is 6.62. The highest BCUT2D eigenvalue weighted by Crippen LogP contribution is 2.29. The number of hydrogen-bond acceptors (Lipinski definition) is 5. The van der Waals surface area contributed by atoms with Crippen LogP contribution in [0, 0.1) is 11.3 Å². The highest BCUT2D eigenvalue weighted by Gasteiger charge is 2.18. The van der Waals surface area contributed by atoms with Crippen molar-refractivity contribution < 1.29 is 4.79 Å². The number of anilines is 1. The molecule has 5 rings (SSSR count). The number of nitriles is 1. The first-order valence-electron chi connectivity index (χ1n) is 12.3. The van der Waals surface area contributed by atoms with Crippen LogP contribution >= 0.6 is 0 Å². The van der Waals surface area contributed by atoms with Gasteiger partial charge in [-0.25, -0.2) is 14.0 Å². The Morgan fingerprint density at radius 3 is 2.54 bits per heavy atom. The zero-order valence-corrected chi connectivity index (χ0v) is 20.5. The molecular formula is C28H26N6O3. The van der Waals surface area contributed by atoms with Crippen molar-refractivity contribution in [1.29, 1.82) is 5.26 Å². The number of benzene rings is 2. The predicted molar refractivity (Wildman–Crippen MR) is 140 cm³/mol. The van der Waals surface area contributed by atoms with Gasteiger partial charge >= 0.3 is 5.69 Å². The van der Waals surface area contributed by atoms with Crippen LogP contribution in [0.4, 0.5) is 5.82 Å². The largest absolute Gasteiger partial charge is 0.331 e. The molecule has 2 heterocycles. The third kappa shape index (κ3) is 4.74. The van der Waals surface area contributed by atoms with E-state index in [1.54, 1.807) is 23.7 Å². The van der Waals surface area contributed by atoms with Gasteiger partial charge in [0.05, 0.1) is 11.4 Å². The van der Waals surface area contributed by atoms with E-state index in [1.807, 2.05) is 36.4 Å². The molecule has 186 valence electrons. The molecule has 0 radical (unpaired) electrons. The number of rotatable bonds is 6. The van der Waals surface area contributed by atoms with Crippen molar-refractivity contribution >= 4 is 11.7 Å². The molecule has 4 aromatic rings. The summed E-state index contributed by atoms with van der Waals surface area (Å²) < 4.78 is 3.64. The molecule has 0 saturated carbocycles. The van der Waals surface area contributed by atoms with Crippen LogP contribution in [0.2, 0.25) is 0 Å². The maximum Gasteiger partial charge on any atom is 0.331 e. The number of aryl methyl sites for hydroxylation is 3. The van der Waals surface area contributed by atoms with Crippen LogP contribution in [0.5, 0.6) is 0 Å². The standard InChI is InChI=1S/C28H26N6O3/c1-2-32-17-22(16-29)27(36)33(28(32)37)18-26(35)30-25-15-24(31-34(25)23-10-4-3-5-11-23)21-13-12-19-8-6-7-9-20(19)14-21/h3-5,10-15,17H,2,6-9,18H2,1H3,(H,30,35). The van der Waals surface area contributed by atoms with Crippen molar-refractivity contribution in [3.8, 4) is 23.0 Å². The van der Waals surface area contributed by atoms with Crippen molar-refractivity contribution in [2.45, 2.75) is 45.7 Å². The Labute approximate surface area is 213 Å². The molecule has 37 heavy (non-hydrogen) atoms. The van der Waals surface area contributed by atoms with Gasteiger partial charge in [-0.05, 0) is 61.9 Å². The molecule has 0 fully saturated rings. The number of aromatic nitrogens is 4. The molecular weight excluding hydrogens is 468 g/mol. The normalized spacial score (nSPS) is 12.5. The number of hydrogen-bond donors (Lipinski definition) is 1. The molecule has 1 N–H and O–H groups in total. The van der Waals surface area contributed by atoms with E-state index in [1.165, 1.54) is 34.7 Å². The van der Waals surface area contributed by atoms with Gasteiger partial charge in [-0.15, -0.1) is 0 Å². The van der Waals surface area contributed by atoms with E-state index >= 15 is 0 Å². The van der Waals surface area contributed by atoms with Crippen LogP contribution in [-0.4, -0.2) is 24.8 Å². The molecule has 2 aromatic heterocycles. The molecule has 0 unspecified atom stereocenters. The highest BCUT2D eigenvalue weighted by atomic mass is 16.2. The lowest BCUT2D eigenvalue weighted by Gasteiger charge is -2.16. The molecule has 0 aliphatic heterocycles. The summed E-state index contributed by atoms with van der Waals surface area (Å²) in [5.41, 5.74) is 3.46. The summed E-state index contributed by atoms with van der Waals surface area (Å²) in [6.45, 7) is 1.46. The van der Waals surface area contributed by atoms with Gasteiger partial charge in [0.15, 0.2) is 0 Å². The molecule has 0 spiro atoms. The van der Waals surface area contributed by atoms with Gasteiger partial charge in [0.2, 0.25) is 5.91 Å². The average molecular weight is 495 g/mol. The Morgan fingerprint density at radius 1 is 1.05 bits per heavy atom. The monoisotopic (exact) mass is 494 g/mol. The van der Waals surface area contributed by atoms with Crippen LogP contribution in [0.1, 0.15) is 36.5 Å². The summed E-state index contributed by atoms with van der Waals surface area (Å²) in [6.07, 6.45) is 5.71. The maximum absolute atomic E-state index is 13.1. The fourth-order valence-electron chi connectivity index (χ4n) is 4.69. The second-order valence-electron chi connectivity index (χ2n) is 9.02. The zero-order chi connectivity index (χ0) is 25.9. The molecule has 9 heteroatoms. The van der Waals surface area contributed by atoms with Crippen LogP contribution < -0.4 is 16.6 Å². The molecule has 1 amide bonds. The molecule has 9 nitrogen and oxygen atoms in total. The van der Waals surface area contributed by atoms with Gasteiger partial charge in [-0.2, -0.15) is 10.4 Å². The first-order chi connectivity index (χ1) is 18.0. The van der Waals surface area contributed by atoms with Crippen molar-refractivity contribution in [2.75, 3.05) is 5.32 Å². The third-order valence-electron chi connectivity index (χ3n) is 6.62. The summed E-state index contributed by atoms with van der Waals surface area (Å²) >= 11 is 0. The van der Waals surface area contributed by atoms with Crippen molar-refractivity contribution in [1.82, 2.24) is 18.9 Å².